The summed E-state index contributed by atoms with van der Waals surface area (Å²) in [5.74, 6) is 0. The predicted molar refractivity (Wildman–Crippen MR) is 152 cm³/mol. The molecule has 1 heteroatoms. The maximum atomic E-state index is 2.29. The summed E-state index contributed by atoms with van der Waals surface area (Å²) in [6.45, 7) is 9.16. The SMILES string of the molecule is CCCCCCCCCCCCCCCC.CCCCCCCCCCCCCCCC.[Mn]. The summed E-state index contributed by atoms with van der Waals surface area (Å²) < 4.78 is 0. The molecule has 1 radical (unpaired) electrons. The molecule has 0 aromatic carbocycles. The van der Waals surface area contributed by atoms with E-state index in [0.717, 1.165) is 0 Å². The van der Waals surface area contributed by atoms with Crippen LogP contribution >= 0.6 is 0 Å². The Balaban J connectivity index is -0.000000529. The third-order valence-corrected chi connectivity index (χ3v) is 6.91. The van der Waals surface area contributed by atoms with Gasteiger partial charge in [-0.1, -0.05) is 207 Å². The first-order chi connectivity index (χ1) is 15.8. The normalized spacial score (nSPS) is 10.5. The Labute approximate surface area is 224 Å². The molecule has 0 spiro atoms. The van der Waals surface area contributed by atoms with Crippen molar-refractivity contribution in [3.05, 3.63) is 0 Å². The molecule has 0 nitrogen and oxygen atoms in total. The Morgan fingerprint density at radius 2 is 0.273 bits per heavy atom. The fourth-order valence-corrected chi connectivity index (χ4v) is 4.54. The van der Waals surface area contributed by atoms with Gasteiger partial charge in [0.25, 0.3) is 0 Å². The van der Waals surface area contributed by atoms with Crippen LogP contribution in [0.1, 0.15) is 207 Å². The predicted octanol–water partition coefficient (Wildman–Crippen LogP) is 13.0. The molecule has 0 aliphatic carbocycles. The fraction of sp³-hybridized carbons (Fsp3) is 1.00. The molecule has 203 valence electrons. The van der Waals surface area contributed by atoms with E-state index in [4.69, 9.17) is 0 Å². The zero-order valence-electron chi connectivity index (χ0n) is 24.2. The van der Waals surface area contributed by atoms with Gasteiger partial charge in [-0.05, 0) is 0 Å². The van der Waals surface area contributed by atoms with Crippen molar-refractivity contribution in [3.63, 3.8) is 0 Å². The second-order valence-corrected chi connectivity index (χ2v) is 10.5. The van der Waals surface area contributed by atoms with Gasteiger partial charge in [0.05, 0.1) is 0 Å². The van der Waals surface area contributed by atoms with Crippen LogP contribution in [-0.4, -0.2) is 0 Å². The molecule has 0 saturated carbocycles. The third kappa shape index (κ3) is 43.1. The summed E-state index contributed by atoms with van der Waals surface area (Å²) >= 11 is 0. The van der Waals surface area contributed by atoms with Crippen molar-refractivity contribution in [2.45, 2.75) is 207 Å². The molecule has 0 N–H and O–H groups in total. The van der Waals surface area contributed by atoms with Crippen molar-refractivity contribution < 1.29 is 17.1 Å². The molecule has 33 heavy (non-hydrogen) atoms. The average molecular weight is 508 g/mol. The van der Waals surface area contributed by atoms with Gasteiger partial charge in [0, 0.05) is 17.1 Å². The van der Waals surface area contributed by atoms with E-state index in [2.05, 4.69) is 27.7 Å². The van der Waals surface area contributed by atoms with Crippen LogP contribution in [0.4, 0.5) is 0 Å². The minimum Gasteiger partial charge on any atom is -0.0654 e. The molecule has 0 bridgehead atoms. The molecule has 0 aromatic heterocycles. The number of hydrogen-bond donors (Lipinski definition) is 0. The van der Waals surface area contributed by atoms with Crippen LogP contribution in [-0.2, 0) is 17.1 Å². The standard InChI is InChI=1S/2C16H34.Mn/c2*1-3-5-7-9-11-13-15-16-14-12-10-8-6-4-2;/h2*3-16H2,1-2H3;. The van der Waals surface area contributed by atoms with Crippen LogP contribution in [0.3, 0.4) is 0 Å². The fourth-order valence-electron chi connectivity index (χ4n) is 4.54. The molecule has 0 fully saturated rings. The van der Waals surface area contributed by atoms with Crippen LogP contribution in [0, 0.1) is 0 Å². The van der Waals surface area contributed by atoms with Gasteiger partial charge < -0.3 is 0 Å². The van der Waals surface area contributed by atoms with Crippen LogP contribution in [0.15, 0.2) is 0 Å². The summed E-state index contributed by atoms with van der Waals surface area (Å²) in [7, 11) is 0. The van der Waals surface area contributed by atoms with E-state index in [1.807, 2.05) is 0 Å². The maximum absolute atomic E-state index is 2.29. The van der Waals surface area contributed by atoms with Crippen molar-refractivity contribution in [3.8, 4) is 0 Å². The number of unbranched alkanes of at least 4 members (excludes halogenated alkanes) is 26. The minimum atomic E-state index is 0. The quantitative estimate of drug-likeness (QED) is 0.0806. The van der Waals surface area contributed by atoms with Gasteiger partial charge in [-0.25, -0.2) is 0 Å². The number of rotatable bonds is 26. The molecule has 0 aliphatic heterocycles. The average Bonchev–Trinajstić information content (AvgIpc) is 2.81. The first-order valence-corrected chi connectivity index (χ1v) is 15.8. The summed E-state index contributed by atoms with van der Waals surface area (Å²) in [6.07, 6.45) is 40.8. The van der Waals surface area contributed by atoms with Gasteiger partial charge in [-0.3, -0.25) is 0 Å². The maximum Gasteiger partial charge on any atom is 0 e. The van der Waals surface area contributed by atoms with Crippen molar-refractivity contribution >= 4 is 0 Å². The molecule has 0 unspecified atom stereocenters. The Hall–Kier alpha value is 0.519. The summed E-state index contributed by atoms with van der Waals surface area (Å²) in [5, 5.41) is 0. The smallest absolute Gasteiger partial charge is 0 e. The Morgan fingerprint density at radius 1 is 0.182 bits per heavy atom. The second kappa shape index (κ2) is 39.7. The monoisotopic (exact) mass is 507 g/mol. The van der Waals surface area contributed by atoms with Crippen LogP contribution in [0.5, 0.6) is 0 Å². The number of hydrogen-bond acceptors (Lipinski definition) is 0. The Bertz CT molecular complexity index is 220. The molecule has 0 amide bonds. The van der Waals surface area contributed by atoms with E-state index in [1.165, 1.54) is 180 Å². The zero-order valence-corrected chi connectivity index (χ0v) is 25.4. The topological polar surface area (TPSA) is 0 Å². The Kier molecular flexibility index (Phi) is 45.8. The first-order valence-electron chi connectivity index (χ1n) is 15.8. The molecule has 0 rings (SSSR count). The molecular formula is C32H68Mn. The van der Waals surface area contributed by atoms with Crippen LogP contribution < -0.4 is 0 Å². The molecule has 0 saturated heterocycles. The molecule has 0 heterocycles. The van der Waals surface area contributed by atoms with E-state index in [-0.39, 0.29) is 17.1 Å². The Morgan fingerprint density at radius 3 is 0.364 bits per heavy atom. The van der Waals surface area contributed by atoms with Crippen LogP contribution in [0.25, 0.3) is 0 Å². The first kappa shape index (κ1) is 38.1. The molecule has 0 aliphatic rings. The van der Waals surface area contributed by atoms with Crippen molar-refractivity contribution in [1.82, 2.24) is 0 Å². The van der Waals surface area contributed by atoms with Crippen molar-refractivity contribution in [2.75, 3.05) is 0 Å². The van der Waals surface area contributed by atoms with Crippen molar-refractivity contribution in [1.29, 1.82) is 0 Å². The summed E-state index contributed by atoms with van der Waals surface area (Å²) in [5.41, 5.74) is 0. The molecule has 0 atom stereocenters. The van der Waals surface area contributed by atoms with Gasteiger partial charge >= 0.3 is 0 Å². The zero-order chi connectivity index (χ0) is 23.8. The summed E-state index contributed by atoms with van der Waals surface area (Å²) in [4.78, 5) is 0. The van der Waals surface area contributed by atoms with E-state index >= 15 is 0 Å². The molecular weight excluding hydrogens is 439 g/mol. The molecule has 0 aromatic rings. The van der Waals surface area contributed by atoms with Gasteiger partial charge in [-0.15, -0.1) is 0 Å². The summed E-state index contributed by atoms with van der Waals surface area (Å²) in [6, 6.07) is 0. The van der Waals surface area contributed by atoms with E-state index in [0.29, 0.717) is 0 Å². The van der Waals surface area contributed by atoms with Crippen molar-refractivity contribution in [2.24, 2.45) is 0 Å². The van der Waals surface area contributed by atoms with Gasteiger partial charge in [0.1, 0.15) is 0 Å². The van der Waals surface area contributed by atoms with E-state index in [1.54, 1.807) is 0 Å². The minimum absolute atomic E-state index is 0. The third-order valence-electron chi connectivity index (χ3n) is 6.91. The van der Waals surface area contributed by atoms with Gasteiger partial charge in [-0.2, -0.15) is 0 Å². The van der Waals surface area contributed by atoms with Gasteiger partial charge in [0.2, 0.25) is 0 Å². The largest absolute Gasteiger partial charge is 0.0654 e. The second-order valence-electron chi connectivity index (χ2n) is 10.5. The van der Waals surface area contributed by atoms with E-state index < -0.39 is 0 Å². The van der Waals surface area contributed by atoms with Crippen LogP contribution in [0.2, 0.25) is 0 Å². The van der Waals surface area contributed by atoms with E-state index in [9.17, 15) is 0 Å². The van der Waals surface area contributed by atoms with Gasteiger partial charge in [0.15, 0.2) is 0 Å².